The van der Waals surface area contributed by atoms with E-state index in [1.54, 1.807) is 0 Å². The number of hydrogen-bond donors (Lipinski definition) is 1. The summed E-state index contributed by atoms with van der Waals surface area (Å²) >= 11 is 2.87. The van der Waals surface area contributed by atoms with Crippen LogP contribution in [0.3, 0.4) is 0 Å². The summed E-state index contributed by atoms with van der Waals surface area (Å²) < 4.78 is 13.5. The Labute approximate surface area is 115 Å². The number of rotatable bonds is 3. The minimum Gasteiger partial charge on any atom is -0.275 e. The molecule has 0 aliphatic rings. The van der Waals surface area contributed by atoms with Crippen molar-refractivity contribution in [1.82, 2.24) is 0 Å². The summed E-state index contributed by atoms with van der Waals surface area (Å²) in [5.74, 6) is -1.07. The first-order chi connectivity index (χ1) is 8.92. The summed E-state index contributed by atoms with van der Waals surface area (Å²) in [5.41, 5.74) is 1.62. The van der Waals surface area contributed by atoms with E-state index in [4.69, 9.17) is 10.5 Å². The van der Waals surface area contributed by atoms with Crippen LogP contribution >= 0.6 is 15.9 Å². The second-order valence-corrected chi connectivity index (χ2v) is 4.06. The maximum atomic E-state index is 13.7. The standard InChI is InChI=1S/C10H5BrFN5O2/c1-5-2-7(17(18)19)9(12)8(11)10(5)16-15-6(3-13)4-14/h2,16H,1H3. The minimum absolute atomic E-state index is 0.103. The number of nitro benzene ring substituents is 1. The summed E-state index contributed by atoms with van der Waals surface area (Å²) in [4.78, 5) is 9.76. The maximum Gasteiger partial charge on any atom is 0.306 e. The predicted octanol–water partition coefficient (Wildman–Crippen LogP) is 2.62. The monoisotopic (exact) mass is 325 g/mol. The molecule has 0 fully saturated rings. The molecule has 0 unspecified atom stereocenters. The van der Waals surface area contributed by atoms with Crippen LogP contribution in [0.1, 0.15) is 5.56 Å². The number of anilines is 1. The average Bonchev–Trinajstić information content (AvgIpc) is 2.37. The molecule has 0 spiro atoms. The molecule has 96 valence electrons. The predicted molar refractivity (Wildman–Crippen MR) is 67.8 cm³/mol. The molecule has 0 aliphatic carbocycles. The Morgan fingerprint density at radius 3 is 2.63 bits per heavy atom. The van der Waals surface area contributed by atoms with Crippen LogP contribution in [0.15, 0.2) is 15.6 Å². The molecule has 0 saturated carbocycles. The Hall–Kier alpha value is -2.52. The van der Waals surface area contributed by atoms with Gasteiger partial charge in [0, 0.05) is 6.07 Å². The third kappa shape index (κ3) is 3.03. The van der Waals surface area contributed by atoms with Crippen molar-refractivity contribution < 1.29 is 9.31 Å². The van der Waals surface area contributed by atoms with E-state index in [9.17, 15) is 14.5 Å². The molecule has 1 aromatic rings. The molecule has 0 heterocycles. The highest BCUT2D eigenvalue weighted by molar-refractivity contribution is 9.10. The Balaban J connectivity index is 3.30. The molecule has 0 amide bonds. The molecular formula is C10H5BrFN5O2. The van der Waals surface area contributed by atoms with E-state index in [-0.39, 0.29) is 10.2 Å². The van der Waals surface area contributed by atoms with E-state index < -0.39 is 22.1 Å². The SMILES string of the molecule is Cc1cc([N+](=O)[O-])c(F)c(Br)c1NN=C(C#N)C#N. The Morgan fingerprint density at radius 2 is 2.16 bits per heavy atom. The second-order valence-electron chi connectivity index (χ2n) is 3.27. The van der Waals surface area contributed by atoms with Gasteiger partial charge in [0.05, 0.1) is 15.1 Å². The van der Waals surface area contributed by atoms with Crippen LogP contribution in [0.25, 0.3) is 0 Å². The van der Waals surface area contributed by atoms with E-state index in [2.05, 4.69) is 26.5 Å². The Bertz CT molecular complexity index is 643. The molecule has 1 N–H and O–H groups in total. The highest BCUT2D eigenvalue weighted by Crippen LogP contribution is 2.35. The third-order valence-corrected chi connectivity index (χ3v) is 2.82. The van der Waals surface area contributed by atoms with Crippen molar-refractivity contribution in [2.75, 3.05) is 5.43 Å². The molecule has 7 nitrogen and oxygen atoms in total. The van der Waals surface area contributed by atoms with Crippen molar-refractivity contribution in [1.29, 1.82) is 10.5 Å². The zero-order chi connectivity index (χ0) is 14.6. The summed E-state index contributed by atoms with van der Waals surface area (Å²) in [6.45, 7) is 1.49. The molecule has 1 rings (SSSR count). The van der Waals surface area contributed by atoms with Gasteiger partial charge in [0.15, 0.2) is 0 Å². The Kier molecular flexibility index (Phi) is 4.51. The van der Waals surface area contributed by atoms with Crippen LogP contribution < -0.4 is 5.43 Å². The molecule has 1 aromatic carbocycles. The number of nitrogens with zero attached hydrogens (tertiary/aromatic N) is 4. The number of benzene rings is 1. The van der Waals surface area contributed by atoms with Gasteiger partial charge in [0.25, 0.3) is 0 Å². The number of hydrazone groups is 1. The molecule has 19 heavy (non-hydrogen) atoms. The van der Waals surface area contributed by atoms with Crippen molar-refractivity contribution in [3.63, 3.8) is 0 Å². The van der Waals surface area contributed by atoms with E-state index in [1.165, 1.54) is 19.1 Å². The topological polar surface area (TPSA) is 115 Å². The first-order valence-corrected chi connectivity index (χ1v) is 5.48. The smallest absolute Gasteiger partial charge is 0.275 e. The lowest BCUT2D eigenvalue weighted by molar-refractivity contribution is -0.387. The fourth-order valence-corrected chi connectivity index (χ4v) is 1.80. The maximum absolute atomic E-state index is 13.7. The molecule has 0 saturated heterocycles. The van der Waals surface area contributed by atoms with Crippen molar-refractivity contribution in [2.45, 2.75) is 6.92 Å². The minimum atomic E-state index is -1.07. The fourth-order valence-electron chi connectivity index (χ4n) is 1.19. The van der Waals surface area contributed by atoms with Gasteiger partial charge in [0.2, 0.25) is 11.5 Å². The number of nitrogens with one attached hydrogen (secondary N) is 1. The normalized spacial score (nSPS) is 9.11. The lowest BCUT2D eigenvalue weighted by atomic mass is 10.2. The van der Waals surface area contributed by atoms with Gasteiger partial charge >= 0.3 is 5.69 Å². The third-order valence-electron chi connectivity index (χ3n) is 2.07. The van der Waals surface area contributed by atoms with Crippen molar-refractivity contribution in [2.24, 2.45) is 5.10 Å². The first kappa shape index (κ1) is 14.5. The van der Waals surface area contributed by atoms with E-state index in [0.29, 0.717) is 5.56 Å². The van der Waals surface area contributed by atoms with Crippen LogP contribution in [0.2, 0.25) is 0 Å². The average molecular weight is 326 g/mol. The summed E-state index contributed by atoms with van der Waals surface area (Å²) in [7, 11) is 0. The van der Waals surface area contributed by atoms with E-state index >= 15 is 0 Å². The molecule has 0 atom stereocenters. The van der Waals surface area contributed by atoms with Crippen LogP contribution in [0.5, 0.6) is 0 Å². The highest BCUT2D eigenvalue weighted by Gasteiger charge is 2.22. The molecule has 9 heteroatoms. The Morgan fingerprint density at radius 1 is 1.58 bits per heavy atom. The van der Waals surface area contributed by atoms with Crippen LogP contribution in [0.4, 0.5) is 15.8 Å². The molecule has 0 radical (unpaired) electrons. The van der Waals surface area contributed by atoms with E-state index in [0.717, 1.165) is 6.07 Å². The van der Waals surface area contributed by atoms with E-state index in [1.807, 2.05) is 0 Å². The highest BCUT2D eigenvalue weighted by atomic mass is 79.9. The molecular weight excluding hydrogens is 321 g/mol. The zero-order valence-corrected chi connectivity index (χ0v) is 11.0. The number of halogens is 2. The van der Waals surface area contributed by atoms with Crippen LogP contribution in [-0.4, -0.2) is 10.6 Å². The van der Waals surface area contributed by atoms with Gasteiger partial charge in [-0.1, -0.05) is 0 Å². The van der Waals surface area contributed by atoms with Gasteiger partial charge in [-0.15, -0.1) is 0 Å². The van der Waals surface area contributed by atoms with Crippen LogP contribution in [0, 0.1) is 45.5 Å². The van der Waals surface area contributed by atoms with Gasteiger partial charge in [0.1, 0.15) is 12.1 Å². The summed E-state index contributed by atoms with van der Waals surface area (Å²) in [5, 5.41) is 31.0. The van der Waals surface area contributed by atoms with Crippen molar-refractivity contribution >= 4 is 33.0 Å². The number of nitro groups is 1. The lowest BCUT2D eigenvalue weighted by Gasteiger charge is -2.08. The molecule has 0 aromatic heterocycles. The van der Waals surface area contributed by atoms with Gasteiger partial charge in [-0.2, -0.15) is 20.0 Å². The van der Waals surface area contributed by atoms with Gasteiger partial charge in [-0.05, 0) is 28.4 Å². The second kappa shape index (κ2) is 5.89. The van der Waals surface area contributed by atoms with Gasteiger partial charge in [-0.25, -0.2) is 0 Å². The van der Waals surface area contributed by atoms with Crippen molar-refractivity contribution in [3.05, 3.63) is 32.0 Å². The summed E-state index contributed by atoms with van der Waals surface area (Å²) in [6, 6.07) is 4.05. The number of aryl methyl sites for hydroxylation is 1. The van der Waals surface area contributed by atoms with Gasteiger partial charge in [-0.3, -0.25) is 15.5 Å². The largest absolute Gasteiger partial charge is 0.306 e. The lowest BCUT2D eigenvalue weighted by Crippen LogP contribution is -2.02. The molecule has 0 aliphatic heterocycles. The summed E-state index contributed by atoms with van der Waals surface area (Å²) in [6.07, 6.45) is 0. The molecule has 0 bridgehead atoms. The van der Waals surface area contributed by atoms with Gasteiger partial charge < -0.3 is 0 Å². The fraction of sp³-hybridized carbons (Fsp3) is 0.100. The first-order valence-electron chi connectivity index (χ1n) is 4.69. The number of hydrogen-bond acceptors (Lipinski definition) is 6. The quantitative estimate of drug-likeness (QED) is 0.521. The van der Waals surface area contributed by atoms with Crippen LogP contribution in [-0.2, 0) is 0 Å². The van der Waals surface area contributed by atoms with Crippen molar-refractivity contribution in [3.8, 4) is 12.1 Å². The number of nitriles is 2. The zero-order valence-electron chi connectivity index (χ0n) is 9.44.